The van der Waals surface area contributed by atoms with Crippen LogP contribution < -0.4 is 5.32 Å². The average molecular weight is 471 g/mol. The lowest BCUT2D eigenvalue weighted by atomic mass is 9.70. The first-order chi connectivity index (χ1) is 16.0. The van der Waals surface area contributed by atoms with Crippen LogP contribution in [0.25, 0.3) is 17.0 Å². The second-order valence-electron chi connectivity index (χ2n) is 8.65. The van der Waals surface area contributed by atoms with Gasteiger partial charge in [0.05, 0.1) is 6.20 Å². The average Bonchev–Trinajstić information content (AvgIpc) is 3.39. The van der Waals surface area contributed by atoms with Crippen LogP contribution in [0.1, 0.15) is 46.3 Å². The van der Waals surface area contributed by atoms with E-state index in [4.69, 9.17) is 4.52 Å². The number of benzene rings is 1. The zero-order valence-electron chi connectivity index (χ0n) is 18.2. The molecule has 4 aromatic rings. The van der Waals surface area contributed by atoms with Gasteiger partial charge in [0, 0.05) is 23.4 Å². The summed E-state index contributed by atoms with van der Waals surface area (Å²) in [6.07, 6.45) is -2.47. The second kappa shape index (κ2) is 7.66. The third-order valence-electron chi connectivity index (χ3n) is 6.13. The molecule has 0 saturated heterocycles. The summed E-state index contributed by atoms with van der Waals surface area (Å²) in [5.41, 5.74) is 1.16. The highest BCUT2D eigenvalue weighted by Gasteiger charge is 2.62. The summed E-state index contributed by atoms with van der Waals surface area (Å²) in [6.45, 7) is 3.76. The van der Waals surface area contributed by atoms with Crippen molar-refractivity contribution in [3.8, 4) is 11.4 Å². The number of aromatic nitrogens is 4. The molecule has 1 saturated carbocycles. The van der Waals surface area contributed by atoms with Crippen molar-refractivity contribution in [1.29, 1.82) is 0 Å². The molecule has 0 aliphatic heterocycles. The first kappa shape index (κ1) is 22.1. The minimum absolute atomic E-state index is 0.0381. The van der Waals surface area contributed by atoms with Crippen molar-refractivity contribution >= 4 is 17.2 Å². The van der Waals surface area contributed by atoms with Gasteiger partial charge in [-0.3, -0.25) is 9.20 Å². The van der Waals surface area contributed by atoms with E-state index in [0.29, 0.717) is 22.6 Å². The first-order valence-corrected chi connectivity index (χ1v) is 10.5. The number of pyridine rings is 1. The van der Waals surface area contributed by atoms with Crippen LogP contribution in [0.4, 0.5) is 18.9 Å². The summed E-state index contributed by atoms with van der Waals surface area (Å²) < 4.78 is 45.5. The van der Waals surface area contributed by atoms with Crippen molar-refractivity contribution in [3.63, 3.8) is 0 Å². The van der Waals surface area contributed by atoms with Crippen LogP contribution in [0.3, 0.4) is 0 Å². The Labute approximate surface area is 191 Å². The number of aryl methyl sites for hydroxylation is 2. The Balaban J connectivity index is 1.35. The number of hydrogen-bond donors (Lipinski definition) is 2. The maximum absolute atomic E-state index is 12.9. The molecule has 0 bridgehead atoms. The summed E-state index contributed by atoms with van der Waals surface area (Å²) in [6, 6.07) is 8.91. The number of anilines is 1. The monoisotopic (exact) mass is 471 g/mol. The summed E-state index contributed by atoms with van der Waals surface area (Å²) in [4.78, 5) is 21.4. The molecule has 0 spiro atoms. The van der Waals surface area contributed by atoms with Gasteiger partial charge in [0.1, 0.15) is 11.3 Å². The fourth-order valence-electron chi connectivity index (χ4n) is 4.01. The van der Waals surface area contributed by atoms with E-state index in [1.165, 1.54) is 6.20 Å². The Bertz CT molecular complexity index is 1400. The normalized spacial score (nSPS) is 20.4. The van der Waals surface area contributed by atoms with Gasteiger partial charge in [-0.1, -0.05) is 17.3 Å². The van der Waals surface area contributed by atoms with E-state index in [0.717, 1.165) is 11.1 Å². The van der Waals surface area contributed by atoms with Crippen molar-refractivity contribution < 1.29 is 27.6 Å². The summed E-state index contributed by atoms with van der Waals surface area (Å²) in [5, 5.41) is 16.4. The molecule has 3 heterocycles. The number of hydrogen-bond acceptors (Lipinski definition) is 6. The topological polar surface area (TPSA) is 106 Å². The van der Waals surface area contributed by atoms with E-state index in [2.05, 4.69) is 20.4 Å². The van der Waals surface area contributed by atoms with Crippen LogP contribution in [-0.4, -0.2) is 42.3 Å². The van der Waals surface area contributed by atoms with Gasteiger partial charge in [-0.05, 0) is 56.0 Å². The number of carbonyl (C=O) groups excluding carboxylic acids is 1. The van der Waals surface area contributed by atoms with Crippen molar-refractivity contribution in [3.05, 3.63) is 65.4 Å². The van der Waals surface area contributed by atoms with Gasteiger partial charge < -0.3 is 14.9 Å². The smallest absolute Gasteiger partial charge is 0.380 e. The van der Waals surface area contributed by atoms with Crippen molar-refractivity contribution in [2.45, 2.75) is 44.4 Å². The minimum atomic E-state index is -4.70. The Hall–Kier alpha value is -3.73. The summed E-state index contributed by atoms with van der Waals surface area (Å²) in [7, 11) is 0. The standard InChI is InChI=1S/C23H20F3N5O3/c1-12-5-6-31-17(11-27-18(31)7-12)20(32)28-16-8-14(4-3-13(16)2)19-29-21(34-30-19)15-9-22(33,10-15)23(24,25)26/h3-8,11,15,33H,9-10H2,1-2H3,(H,28,32). The number of carbonyl (C=O) groups is 1. The van der Waals surface area contributed by atoms with Crippen molar-refractivity contribution in [2.75, 3.05) is 5.32 Å². The fraction of sp³-hybridized carbons (Fsp3) is 0.304. The van der Waals surface area contributed by atoms with E-state index in [1.807, 2.05) is 26.0 Å². The maximum Gasteiger partial charge on any atom is 0.417 e. The van der Waals surface area contributed by atoms with Gasteiger partial charge in [-0.25, -0.2) is 4.98 Å². The number of halogens is 3. The molecule has 1 aliphatic carbocycles. The molecule has 11 heteroatoms. The number of amides is 1. The van der Waals surface area contributed by atoms with Crippen molar-refractivity contribution in [1.82, 2.24) is 19.5 Å². The van der Waals surface area contributed by atoms with E-state index < -0.39 is 30.5 Å². The highest BCUT2D eigenvalue weighted by molar-refractivity contribution is 6.04. The number of nitrogens with zero attached hydrogens (tertiary/aromatic N) is 4. The van der Waals surface area contributed by atoms with E-state index in [1.54, 1.807) is 28.8 Å². The van der Waals surface area contributed by atoms with Gasteiger partial charge in [0.2, 0.25) is 11.7 Å². The molecule has 8 nitrogen and oxygen atoms in total. The molecule has 2 N–H and O–H groups in total. The molecule has 1 fully saturated rings. The summed E-state index contributed by atoms with van der Waals surface area (Å²) in [5.74, 6) is -0.808. The Morgan fingerprint density at radius 1 is 1.24 bits per heavy atom. The number of fused-ring (bicyclic) bond motifs is 1. The number of rotatable bonds is 4. The number of imidazole rings is 1. The molecule has 1 aliphatic rings. The molecule has 0 atom stereocenters. The molecule has 0 radical (unpaired) electrons. The van der Waals surface area contributed by atoms with Gasteiger partial charge in [-0.15, -0.1) is 0 Å². The summed E-state index contributed by atoms with van der Waals surface area (Å²) >= 11 is 0. The molecular formula is C23H20F3N5O3. The maximum atomic E-state index is 12.9. The fourth-order valence-corrected chi connectivity index (χ4v) is 4.01. The zero-order chi connectivity index (χ0) is 24.3. The lowest BCUT2D eigenvalue weighted by Gasteiger charge is -2.42. The number of aliphatic hydroxyl groups is 1. The number of nitrogens with one attached hydrogen (secondary N) is 1. The lowest BCUT2D eigenvalue weighted by Crippen LogP contribution is -2.54. The molecule has 176 valence electrons. The Morgan fingerprint density at radius 2 is 2.00 bits per heavy atom. The molecule has 1 amide bonds. The highest BCUT2D eigenvalue weighted by atomic mass is 19.4. The van der Waals surface area contributed by atoms with Crippen LogP contribution in [0, 0.1) is 13.8 Å². The minimum Gasteiger partial charge on any atom is -0.380 e. The lowest BCUT2D eigenvalue weighted by molar-refractivity contribution is -0.292. The van der Waals surface area contributed by atoms with E-state index >= 15 is 0 Å². The zero-order valence-corrected chi connectivity index (χ0v) is 18.2. The molecule has 0 unspecified atom stereocenters. The SMILES string of the molecule is Cc1ccn2c(C(=O)Nc3cc(-c4noc(C5CC(O)(C(F)(F)F)C5)n4)ccc3C)cnc2c1. The third kappa shape index (κ3) is 3.71. The Kier molecular flexibility index (Phi) is 4.97. The van der Waals surface area contributed by atoms with E-state index in [-0.39, 0.29) is 17.6 Å². The molecule has 3 aromatic heterocycles. The first-order valence-electron chi connectivity index (χ1n) is 10.5. The van der Waals surface area contributed by atoms with E-state index in [9.17, 15) is 23.1 Å². The van der Waals surface area contributed by atoms with Gasteiger partial charge in [-0.2, -0.15) is 18.2 Å². The third-order valence-corrected chi connectivity index (χ3v) is 6.13. The quantitative estimate of drug-likeness (QED) is 0.456. The van der Waals surface area contributed by atoms with Crippen LogP contribution in [0.2, 0.25) is 0 Å². The highest BCUT2D eigenvalue weighted by Crippen LogP contribution is 2.52. The number of alkyl halides is 3. The van der Waals surface area contributed by atoms with Crippen molar-refractivity contribution in [2.24, 2.45) is 0 Å². The van der Waals surface area contributed by atoms with Gasteiger partial charge in [0.25, 0.3) is 5.91 Å². The van der Waals surface area contributed by atoms with Crippen LogP contribution in [0.5, 0.6) is 0 Å². The van der Waals surface area contributed by atoms with Crippen LogP contribution in [-0.2, 0) is 0 Å². The largest absolute Gasteiger partial charge is 0.417 e. The molecule has 1 aromatic carbocycles. The van der Waals surface area contributed by atoms with Crippen LogP contribution >= 0.6 is 0 Å². The van der Waals surface area contributed by atoms with Gasteiger partial charge >= 0.3 is 6.18 Å². The molecular weight excluding hydrogens is 451 g/mol. The Morgan fingerprint density at radius 3 is 2.74 bits per heavy atom. The molecule has 34 heavy (non-hydrogen) atoms. The molecule has 5 rings (SSSR count). The predicted molar refractivity (Wildman–Crippen MR) is 115 cm³/mol. The predicted octanol–water partition coefficient (Wildman–Crippen LogP) is 4.42. The van der Waals surface area contributed by atoms with Gasteiger partial charge in [0.15, 0.2) is 5.60 Å². The van der Waals surface area contributed by atoms with Crippen LogP contribution in [0.15, 0.2) is 47.2 Å². The second-order valence-corrected chi connectivity index (χ2v) is 8.65.